The molecule has 0 saturated heterocycles. The number of ether oxygens (including phenoxy) is 1. The largest absolute Gasteiger partial charge is 0.375 e. The summed E-state index contributed by atoms with van der Waals surface area (Å²) in [6.07, 6.45) is 1.18. The Morgan fingerprint density at radius 1 is 1.15 bits per heavy atom. The van der Waals surface area contributed by atoms with Crippen LogP contribution in [0.25, 0.3) is 0 Å². The van der Waals surface area contributed by atoms with Crippen LogP contribution in [-0.4, -0.2) is 26.3 Å². The van der Waals surface area contributed by atoms with Crippen molar-refractivity contribution in [2.45, 2.75) is 17.5 Å². The van der Waals surface area contributed by atoms with Crippen molar-refractivity contribution in [3.63, 3.8) is 0 Å². The highest BCUT2D eigenvalue weighted by Gasteiger charge is 2.12. The fourth-order valence-corrected chi connectivity index (χ4v) is 3.81. The van der Waals surface area contributed by atoms with Crippen LogP contribution in [0.3, 0.4) is 0 Å². The molecule has 1 heterocycles. The Bertz CT molecular complexity index is 971. The average Bonchev–Trinajstić information content (AvgIpc) is 3.11. The molecule has 8 heteroatoms. The summed E-state index contributed by atoms with van der Waals surface area (Å²) < 4.78 is 28.7. The van der Waals surface area contributed by atoms with Gasteiger partial charge in [0.1, 0.15) is 0 Å². The molecular formula is C19H21N3O3S2. The molecule has 1 aromatic heterocycles. The van der Waals surface area contributed by atoms with Gasteiger partial charge in [0.25, 0.3) is 0 Å². The van der Waals surface area contributed by atoms with Crippen LogP contribution in [0, 0.1) is 0 Å². The first-order valence-corrected chi connectivity index (χ1v) is 11.1. The van der Waals surface area contributed by atoms with Gasteiger partial charge in [-0.05, 0) is 29.8 Å². The number of thiazole rings is 1. The molecule has 27 heavy (non-hydrogen) atoms. The summed E-state index contributed by atoms with van der Waals surface area (Å²) in [6, 6.07) is 16.2. The highest BCUT2D eigenvalue weighted by molar-refractivity contribution is 7.90. The lowest BCUT2D eigenvalue weighted by Crippen LogP contribution is -2.17. The molecule has 2 aromatic carbocycles. The van der Waals surface area contributed by atoms with E-state index >= 15 is 0 Å². The van der Waals surface area contributed by atoms with E-state index in [0.29, 0.717) is 18.3 Å². The molecule has 6 nitrogen and oxygen atoms in total. The lowest BCUT2D eigenvalue weighted by Gasteiger charge is -2.10. The summed E-state index contributed by atoms with van der Waals surface area (Å²) in [5, 5.41) is 5.74. The molecule has 0 radical (unpaired) electrons. The second-order valence-corrected chi connectivity index (χ2v) is 8.98. The molecule has 0 spiro atoms. The maximum atomic E-state index is 11.5. The minimum atomic E-state index is -3.20. The normalized spacial score (nSPS) is 12.7. The predicted molar refractivity (Wildman–Crippen MR) is 108 cm³/mol. The van der Waals surface area contributed by atoms with Gasteiger partial charge in [-0.2, -0.15) is 0 Å². The van der Waals surface area contributed by atoms with Crippen LogP contribution in [0.15, 0.2) is 64.9 Å². The Morgan fingerprint density at radius 2 is 1.85 bits per heavy atom. The fourth-order valence-electron chi connectivity index (χ4n) is 2.39. The van der Waals surface area contributed by atoms with Crippen LogP contribution in [-0.2, 0) is 21.2 Å². The van der Waals surface area contributed by atoms with Crippen molar-refractivity contribution in [1.29, 1.82) is 0 Å². The molecule has 3 N–H and O–H groups in total. The lowest BCUT2D eigenvalue weighted by atomic mass is 10.2. The monoisotopic (exact) mass is 403 g/mol. The van der Waals surface area contributed by atoms with Gasteiger partial charge < -0.3 is 15.8 Å². The zero-order valence-corrected chi connectivity index (χ0v) is 16.5. The van der Waals surface area contributed by atoms with Gasteiger partial charge in [0.15, 0.2) is 15.0 Å². The molecule has 1 unspecified atom stereocenters. The molecule has 0 aliphatic rings. The maximum Gasteiger partial charge on any atom is 0.187 e. The van der Waals surface area contributed by atoms with Crippen molar-refractivity contribution in [3.05, 3.63) is 71.2 Å². The minimum absolute atomic E-state index is 0.283. The minimum Gasteiger partial charge on any atom is -0.375 e. The standard InChI is InChI=1S/C19H21N3O3S2/c1-27(23,24)16-9-7-15(8-10-16)21-19-22-18(13-26-19)17(20)12-25-11-14-5-3-2-4-6-14/h2-10,13,17H,11-12,20H2,1H3,(H,21,22). The quantitative estimate of drug-likeness (QED) is 0.598. The highest BCUT2D eigenvalue weighted by atomic mass is 32.2. The van der Waals surface area contributed by atoms with Gasteiger partial charge >= 0.3 is 0 Å². The van der Waals surface area contributed by atoms with E-state index < -0.39 is 9.84 Å². The third kappa shape index (κ3) is 5.61. The zero-order valence-electron chi connectivity index (χ0n) is 14.8. The van der Waals surface area contributed by atoms with Crippen molar-refractivity contribution < 1.29 is 13.2 Å². The van der Waals surface area contributed by atoms with Gasteiger partial charge in [-0.25, -0.2) is 13.4 Å². The van der Waals surface area contributed by atoms with Crippen LogP contribution >= 0.6 is 11.3 Å². The van der Waals surface area contributed by atoms with Crippen LogP contribution in [0.4, 0.5) is 10.8 Å². The summed E-state index contributed by atoms with van der Waals surface area (Å²) in [7, 11) is -3.20. The third-order valence-electron chi connectivity index (χ3n) is 3.84. The Labute approximate surface area is 162 Å². The number of benzene rings is 2. The molecular weight excluding hydrogens is 382 g/mol. The SMILES string of the molecule is CS(=O)(=O)c1ccc(Nc2nc(C(N)COCc3ccccc3)cs2)cc1. The topological polar surface area (TPSA) is 94.3 Å². The number of anilines is 2. The summed E-state index contributed by atoms with van der Waals surface area (Å²) >= 11 is 1.44. The van der Waals surface area contributed by atoms with Crippen LogP contribution in [0.5, 0.6) is 0 Å². The van der Waals surface area contributed by atoms with Gasteiger partial charge in [0, 0.05) is 17.3 Å². The Balaban J connectivity index is 1.54. The van der Waals surface area contributed by atoms with Crippen molar-refractivity contribution in [2.75, 3.05) is 18.2 Å². The summed E-state index contributed by atoms with van der Waals surface area (Å²) in [5.41, 5.74) is 8.77. The van der Waals surface area contributed by atoms with E-state index in [4.69, 9.17) is 10.5 Å². The van der Waals surface area contributed by atoms with Gasteiger partial charge in [-0.15, -0.1) is 11.3 Å². The summed E-state index contributed by atoms with van der Waals surface area (Å²) in [4.78, 5) is 4.77. The van der Waals surface area contributed by atoms with E-state index in [1.807, 2.05) is 35.7 Å². The van der Waals surface area contributed by atoms with Crippen LogP contribution < -0.4 is 11.1 Å². The molecule has 0 aliphatic heterocycles. The second kappa shape index (κ2) is 8.62. The van der Waals surface area contributed by atoms with Crippen molar-refractivity contribution >= 4 is 32.0 Å². The summed E-state index contributed by atoms with van der Waals surface area (Å²) in [5.74, 6) is 0. The molecule has 1 atom stereocenters. The number of sulfone groups is 1. The number of nitrogens with two attached hydrogens (primary N) is 1. The van der Waals surface area contributed by atoms with Gasteiger partial charge in [-0.1, -0.05) is 30.3 Å². The van der Waals surface area contributed by atoms with Crippen molar-refractivity contribution in [3.8, 4) is 0 Å². The number of hydrogen-bond donors (Lipinski definition) is 2. The van der Waals surface area contributed by atoms with Gasteiger partial charge in [0.05, 0.1) is 29.8 Å². The Hall–Kier alpha value is -2.26. The molecule has 0 bridgehead atoms. The molecule has 0 aliphatic carbocycles. The van der Waals surface area contributed by atoms with Crippen molar-refractivity contribution in [2.24, 2.45) is 5.73 Å². The van der Waals surface area contributed by atoms with E-state index in [2.05, 4.69) is 10.3 Å². The van der Waals surface area contributed by atoms with Gasteiger partial charge in [-0.3, -0.25) is 0 Å². The Morgan fingerprint density at radius 3 is 2.52 bits per heavy atom. The first-order chi connectivity index (χ1) is 12.9. The third-order valence-corrected chi connectivity index (χ3v) is 5.75. The Kier molecular flexibility index (Phi) is 6.22. The smallest absolute Gasteiger partial charge is 0.187 e. The number of hydrogen-bond acceptors (Lipinski definition) is 7. The molecule has 3 rings (SSSR count). The van der Waals surface area contributed by atoms with E-state index in [9.17, 15) is 8.42 Å². The number of aromatic nitrogens is 1. The summed E-state index contributed by atoms with van der Waals surface area (Å²) in [6.45, 7) is 0.887. The molecule has 142 valence electrons. The molecule has 0 fully saturated rings. The average molecular weight is 404 g/mol. The number of nitrogens with one attached hydrogen (secondary N) is 1. The lowest BCUT2D eigenvalue weighted by molar-refractivity contribution is 0.107. The van der Waals surface area contributed by atoms with E-state index in [0.717, 1.165) is 16.9 Å². The maximum absolute atomic E-state index is 11.5. The molecule has 3 aromatic rings. The first kappa shape index (κ1) is 19.5. The number of nitrogens with zero attached hydrogens (tertiary/aromatic N) is 1. The number of rotatable bonds is 8. The van der Waals surface area contributed by atoms with Crippen LogP contribution in [0.2, 0.25) is 0 Å². The fraction of sp³-hybridized carbons (Fsp3) is 0.211. The molecule has 0 amide bonds. The highest BCUT2D eigenvalue weighted by Crippen LogP contribution is 2.24. The van der Waals surface area contributed by atoms with Crippen molar-refractivity contribution in [1.82, 2.24) is 4.98 Å². The predicted octanol–water partition coefficient (Wildman–Crippen LogP) is 3.51. The van der Waals surface area contributed by atoms with E-state index in [-0.39, 0.29) is 10.9 Å². The van der Waals surface area contributed by atoms with E-state index in [1.165, 1.54) is 17.6 Å². The van der Waals surface area contributed by atoms with E-state index in [1.54, 1.807) is 24.3 Å². The van der Waals surface area contributed by atoms with Gasteiger partial charge in [0.2, 0.25) is 0 Å². The molecule has 0 saturated carbocycles. The second-order valence-electron chi connectivity index (χ2n) is 6.11. The first-order valence-electron chi connectivity index (χ1n) is 8.31. The van der Waals surface area contributed by atoms with Crippen LogP contribution in [0.1, 0.15) is 17.3 Å². The zero-order chi connectivity index (χ0) is 19.3.